The molecule has 0 aliphatic carbocycles. The Morgan fingerprint density at radius 2 is 1.83 bits per heavy atom. The van der Waals surface area contributed by atoms with E-state index in [0.717, 1.165) is 40.3 Å². The molecule has 2 aromatic carbocycles. The number of aromatic nitrogens is 1. The topological polar surface area (TPSA) is 46.4 Å². The number of amidine groups is 1. The van der Waals surface area contributed by atoms with E-state index in [1.54, 1.807) is 0 Å². The normalized spacial score (nSPS) is 16.5. The Labute approximate surface area is 181 Å². The third-order valence-corrected chi connectivity index (χ3v) is 6.15. The van der Waals surface area contributed by atoms with Crippen LogP contribution in [0.5, 0.6) is 0 Å². The van der Waals surface area contributed by atoms with Crippen molar-refractivity contribution in [1.82, 2.24) is 9.88 Å². The van der Waals surface area contributed by atoms with E-state index in [0.29, 0.717) is 10.1 Å². The molecule has 1 aliphatic rings. The van der Waals surface area contributed by atoms with Gasteiger partial charge in [0.15, 0.2) is 5.17 Å². The lowest BCUT2D eigenvalue weighted by atomic mass is 10.1. The van der Waals surface area contributed by atoms with E-state index >= 15 is 0 Å². The Morgan fingerprint density at radius 1 is 1.07 bits per heavy atom. The molecule has 3 aromatic rings. The molecular formula is C25H25N3OS. The summed E-state index contributed by atoms with van der Waals surface area (Å²) in [5.74, 6) is -0.108. The molecule has 1 N–H and O–H groups in total. The molecule has 1 amide bonds. The van der Waals surface area contributed by atoms with Gasteiger partial charge in [-0.15, -0.1) is 0 Å². The second-order valence-electron chi connectivity index (χ2n) is 7.50. The summed E-state index contributed by atoms with van der Waals surface area (Å²) in [6.07, 6.45) is 2.98. The quantitative estimate of drug-likeness (QED) is 0.543. The highest BCUT2D eigenvalue weighted by Gasteiger charge is 2.24. The zero-order chi connectivity index (χ0) is 21.3. The minimum absolute atomic E-state index is 0.108. The summed E-state index contributed by atoms with van der Waals surface area (Å²) >= 11 is 1.38. The average molecular weight is 416 g/mol. The number of carbonyl (C=O) groups excluding carboxylic acids is 1. The van der Waals surface area contributed by atoms with Crippen LogP contribution in [-0.4, -0.2) is 15.6 Å². The number of hydrogen-bond acceptors (Lipinski definition) is 3. The summed E-state index contributed by atoms with van der Waals surface area (Å²) in [6, 6.07) is 18.7. The van der Waals surface area contributed by atoms with Crippen LogP contribution in [0.1, 0.15) is 35.0 Å². The molecule has 1 aromatic heterocycles. The molecule has 152 valence electrons. The van der Waals surface area contributed by atoms with Crippen molar-refractivity contribution in [2.75, 3.05) is 0 Å². The number of rotatable bonds is 4. The van der Waals surface area contributed by atoms with Crippen LogP contribution in [0.3, 0.4) is 0 Å². The lowest BCUT2D eigenvalue weighted by Crippen LogP contribution is -2.19. The SMILES string of the molecule is CCc1ccc(-n2c(C)cc(/C=C3\SC(=Nc4cccc(C)c4)NC3=O)c2C)cc1. The lowest BCUT2D eigenvalue weighted by molar-refractivity contribution is -0.115. The summed E-state index contributed by atoms with van der Waals surface area (Å²) < 4.78 is 2.23. The first kappa shape index (κ1) is 20.2. The van der Waals surface area contributed by atoms with Gasteiger partial charge in [0.05, 0.1) is 10.6 Å². The van der Waals surface area contributed by atoms with Crippen molar-refractivity contribution in [3.8, 4) is 5.69 Å². The van der Waals surface area contributed by atoms with Crippen molar-refractivity contribution in [3.63, 3.8) is 0 Å². The highest BCUT2D eigenvalue weighted by molar-refractivity contribution is 8.18. The minimum Gasteiger partial charge on any atom is -0.318 e. The highest BCUT2D eigenvalue weighted by atomic mass is 32.2. The molecule has 5 heteroatoms. The Hall–Kier alpha value is -3.05. The van der Waals surface area contributed by atoms with Gasteiger partial charge in [0.25, 0.3) is 5.91 Å². The first-order valence-electron chi connectivity index (χ1n) is 10.1. The van der Waals surface area contributed by atoms with Gasteiger partial charge in [0, 0.05) is 17.1 Å². The number of nitrogens with zero attached hydrogens (tertiary/aromatic N) is 2. The summed E-state index contributed by atoms with van der Waals surface area (Å²) in [5.41, 5.74) is 7.73. The van der Waals surface area contributed by atoms with E-state index < -0.39 is 0 Å². The number of benzene rings is 2. The second-order valence-corrected chi connectivity index (χ2v) is 8.53. The van der Waals surface area contributed by atoms with Crippen LogP contribution >= 0.6 is 11.8 Å². The van der Waals surface area contributed by atoms with Crippen LogP contribution in [0.4, 0.5) is 5.69 Å². The molecule has 4 nitrogen and oxygen atoms in total. The maximum Gasteiger partial charge on any atom is 0.264 e. The number of aliphatic imine (C=N–C) groups is 1. The van der Waals surface area contributed by atoms with Gasteiger partial charge in [-0.1, -0.05) is 31.2 Å². The molecule has 4 rings (SSSR count). The van der Waals surface area contributed by atoms with Crippen LogP contribution < -0.4 is 5.32 Å². The largest absolute Gasteiger partial charge is 0.318 e. The average Bonchev–Trinajstić information content (AvgIpc) is 3.20. The first-order valence-corrected chi connectivity index (χ1v) is 10.9. The van der Waals surface area contributed by atoms with Crippen LogP contribution in [0, 0.1) is 20.8 Å². The molecule has 1 fully saturated rings. The summed E-state index contributed by atoms with van der Waals surface area (Å²) in [7, 11) is 0. The monoisotopic (exact) mass is 415 g/mol. The van der Waals surface area contributed by atoms with E-state index in [1.807, 2.05) is 37.3 Å². The van der Waals surface area contributed by atoms with Gasteiger partial charge >= 0.3 is 0 Å². The Kier molecular flexibility index (Phi) is 5.64. The van der Waals surface area contributed by atoms with Crippen LogP contribution in [0.25, 0.3) is 11.8 Å². The van der Waals surface area contributed by atoms with Gasteiger partial charge in [0.1, 0.15) is 0 Å². The van der Waals surface area contributed by atoms with E-state index in [-0.39, 0.29) is 5.91 Å². The molecule has 0 atom stereocenters. The van der Waals surface area contributed by atoms with Crippen molar-refractivity contribution >= 4 is 34.6 Å². The van der Waals surface area contributed by atoms with Crippen LogP contribution in [0.15, 0.2) is 64.5 Å². The zero-order valence-electron chi connectivity index (χ0n) is 17.7. The van der Waals surface area contributed by atoms with Crippen LogP contribution in [0.2, 0.25) is 0 Å². The fraction of sp³-hybridized carbons (Fsp3) is 0.200. The fourth-order valence-corrected chi connectivity index (χ4v) is 4.48. The van der Waals surface area contributed by atoms with E-state index in [1.165, 1.54) is 17.3 Å². The molecule has 0 bridgehead atoms. The number of amides is 1. The predicted molar refractivity (Wildman–Crippen MR) is 127 cm³/mol. The number of nitrogens with one attached hydrogen (secondary N) is 1. The number of thioether (sulfide) groups is 1. The molecule has 1 saturated heterocycles. The molecule has 30 heavy (non-hydrogen) atoms. The van der Waals surface area contributed by atoms with Gasteiger partial charge in [0.2, 0.25) is 0 Å². The molecule has 0 radical (unpaired) electrons. The summed E-state index contributed by atoms with van der Waals surface area (Å²) in [5, 5.41) is 3.49. The maximum absolute atomic E-state index is 12.5. The van der Waals surface area contributed by atoms with Crippen molar-refractivity contribution in [1.29, 1.82) is 0 Å². The van der Waals surface area contributed by atoms with Gasteiger partial charge < -0.3 is 9.88 Å². The molecule has 0 unspecified atom stereocenters. The molecule has 2 heterocycles. The smallest absolute Gasteiger partial charge is 0.264 e. The third-order valence-electron chi connectivity index (χ3n) is 5.24. The van der Waals surface area contributed by atoms with Crippen LogP contribution in [-0.2, 0) is 11.2 Å². The minimum atomic E-state index is -0.108. The van der Waals surface area contributed by atoms with Gasteiger partial charge in [-0.2, -0.15) is 0 Å². The Bertz CT molecular complexity index is 1170. The van der Waals surface area contributed by atoms with Crippen molar-refractivity contribution < 1.29 is 4.79 Å². The predicted octanol–water partition coefficient (Wildman–Crippen LogP) is 5.86. The zero-order valence-corrected chi connectivity index (χ0v) is 18.5. The second kappa shape index (κ2) is 8.36. The third kappa shape index (κ3) is 4.12. The van der Waals surface area contributed by atoms with E-state index in [4.69, 9.17) is 0 Å². The lowest BCUT2D eigenvalue weighted by Gasteiger charge is -2.10. The van der Waals surface area contributed by atoms with Gasteiger partial charge in [-0.05, 0) is 92.1 Å². The Morgan fingerprint density at radius 3 is 2.53 bits per heavy atom. The molecule has 0 saturated carbocycles. The fourth-order valence-electron chi connectivity index (χ4n) is 3.65. The van der Waals surface area contributed by atoms with Gasteiger partial charge in [-0.25, -0.2) is 4.99 Å². The summed E-state index contributed by atoms with van der Waals surface area (Å²) in [4.78, 5) is 17.7. The van der Waals surface area contributed by atoms with E-state index in [2.05, 4.69) is 66.0 Å². The standard InChI is InChI=1S/C25H25N3OS/c1-5-19-9-11-22(12-10-19)28-17(3)14-20(18(28)4)15-23-24(29)27-25(30-23)26-21-8-6-7-16(2)13-21/h6-15H,5H2,1-4H3,(H,26,27,29)/b23-15-. The number of aryl methyl sites for hydroxylation is 3. The highest BCUT2D eigenvalue weighted by Crippen LogP contribution is 2.30. The van der Waals surface area contributed by atoms with Crippen molar-refractivity contribution in [2.45, 2.75) is 34.1 Å². The number of carbonyl (C=O) groups is 1. The van der Waals surface area contributed by atoms with Crippen molar-refractivity contribution in [2.24, 2.45) is 4.99 Å². The number of hydrogen-bond donors (Lipinski definition) is 1. The molecular weight excluding hydrogens is 390 g/mol. The Balaban J connectivity index is 1.62. The summed E-state index contributed by atoms with van der Waals surface area (Å²) in [6.45, 7) is 8.37. The van der Waals surface area contributed by atoms with Gasteiger partial charge in [-0.3, -0.25) is 4.79 Å². The molecule has 0 spiro atoms. The maximum atomic E-state index is 12.5. The first-order chi connectivity index (χ1) is 14.4. The van der Waals surface area contributed by atoms with E-state index in [9.17, 15) is 4.79 Å². The van der Waals surface area contributed by atoms with Crippen molar-refractivity contribution in [3.05, 3.63) is 87.6 Å². The molecule has 1 aliphatic heterocycles.